The fourth-order valence-electron chi connectivity index (χ4n) is 2.21. The maximum absolute atomic E-state index is 12.8. The largest absolute Gasteiger partial charge is 0.481 e. The second-order valence-corrected chi connectivity index (χ2v) is 6.15. The minimum Gasteiger partial charge on any atom is -0.481 e. The number of carbonyl (C=O) groups is 1. The SMILES string of the molecule is C#CCOc1ccc(C2=CCC(Cl)C(=O)N2CC(F)F)c(Br)c1. The molecule has 1 aromatic carbocycles. The number of benzene rings is 1. The predicted octanol–water partition coefficient (Wildman–Crippen LogP) is 3.91. The molecule has 1 amide bonds. The zero-order valence-electron chi connectivity index (χ0n) is 11.9. The highest BCUT2D eigenvalue weighted by Crippen LogP contribution is 2.34. The number of carbonyl (C=O) groups excluding carboxylic acids is 1. The third-order valence-electron chi connectivity index (χ3n) is 3.20. The number of ether oxygens (including phenoxy) is 1. The molecule has 1 aliphatic rings. The van der Waals surface area contributed by atoms with E-state index in [0.717, 1.165) is 4.90 Å². The quantitative estimate of drug-likeness (QED) is 0.550. The predicted molar refractivity (Wildman–Crippen MR) is 88.4 cm³/mol. The van der Waals surface area contributed by atoms with E-state index in [0.29, 0.717) is 21.5 Å². The molecule has 0 saturated carbocycles. The van der Waals surface area contributed by atoms with Gasteiger partial charge in [0.2, 0.25) is 5.91 Å². The van der Waals surface area contributed by atoms with Crippen LogP contribution in [0.25, 0.3) is 5.70 Å². The number of terminal acetylenes is 1. The van der Waals surface area contributed by atoms with Gasteiger partial charge in [0.1, 0.15) is 17.7 Å². The Hall–Kier alpha value is -1.58. The summed E-state index contributed by atoms with van der Waals surface area (Å²) in [5.74, 6) is 2.37. The second-order valence-electron chi connectivity index (χ2n) is 4.77. The van der Waals surface area contributed by atoms with Crippen molar-refractivity contribution in [2.45, 2.75) is 18.2 Å². The molecule has 1 aliphatic heterocycles. The standard InChI is InChI=1S/C16H13BrClF2NO2/c1-2-7-23-10-3-4-11(12(17)8-10)14-6-5-13(18)16(22)21(14)9-15(19)20/h1,3-4,6,8,13,15H,5,7,9H2. The van der Waals surface area contributed by atoms with Crippen LogP contribution in [0.3, 0.4) is 0 Å². The summed E-state index contributed by atoms with van der Waals surface area (Å²) in [4.78, 5) is 13.1. The van der Waals surface area contributed by atoms with E-state index in [1.807, 2.05) is 0 Å². The van der Waals surface area contributed by atoms with Crippen molar-refractivity contribution in [2.75, 3.05) is 13.2 Å². The lowest BCUT2D eigenvalue weighted by atomic mass is 10.0. The topological polar surface area (TPSA) is 29.5 Å². The van der Waals surface area contributed by atoms with Gasteiger partial charge in [-0.05, 0) is 40.5 Å². The maximum atomic E-state index is 12.8. The van der Waals surface area contributed by atoms with Gasteiger partial charge in [0, 0.05) is 15.7 Å². The highest BCUT2D eigenvalue weighted by atomic mass is 79.9. The van der Waals surface area contributed by atoms with Crippen LogP contribution >= 0.6 is 27.5 Å². The average molecular weight is 405 g/mol. The molecule has 1 atom stereocenters. The smallest absolute Gasteiger partial charge is 0.256 e. The molecule has 1 unspecified atom stereocenters. The molecule has 2 rings (SSSR count). The Morgan fingerprint density at radius 2 is 2.26 bits per heavy atom. The fourth-order valence-corrected chi connectivity index (χ4v) is 2.98. The van der Waals surface area contributed by atoms with Gasteiger partial charge in [0.25, 0.3) is 6.43 Å². The molecule has 0 fully saturated rings. The van der Waals surface area contributed by atoms with E-state index in [4.69, 9.17) is 22.8 Å². The first kappa shape index (κ1) is 17.8. The molecule has 0 saturated heterocycles. The third-order valence-corrected chi connectivity index (χ3v) is 4.22. The number of alkyl halides is 3. The van der Waals surface area contributed by atoms with Gasteiger partial charge >= 0.3 is 0 Å². The van der Waals surface area contributed by atoms with E-state index >= 15 is 0 Å². The van der Waals surface area contributed by atoms with Gasteiger partial charge in [0.05, 0.1) is 6.54 Å². The van der Waals surface area contributed by atoms with Gasteiger partial charge in [-0.2, -0.15) is 0 Å². The summed E-state index contributed by atoms with van der Waals surface area (Å²) < 4.78 is 31.5. The fraction of sp³-hybridized carbons (Fsp3) is 0.312. The van der Waals surface area contributed by atoms with Gasteiger partial charge < -0.3 is 9.64 Å². The van der Waals surface area contributed by atoms with Crippen LogP contribution in [0.15, 0.2) is 28.7 Å². The van der Waals surface area contributed by atoms with Gasteiger partial charge in [-0.1, -0.05) is 12.0 Å². The first-order valence-corrected chi connectivity index (χ1v) is 7.97. The van der Waals surface area contributed by atoms with E-state index in [9.17, 15) is 13.6 Å². The van der Waals surface area contributed by atoms with Crippen LogP contribution in [0.1, 0.15) is 12.0 Å². The van der Waals surface area contributed by atoms with Crippen LogP contribution in [-0.2, 0) is 4.79 Å². The van der Waals surface area contributed by atoms with Crippen molar-refractivity contribution in [3.05, 3.63) is 34.3 Å². The van der Waals surface area contributed by atoms with Crippen LogP contribution in [0.5, 0.6) is 5.75 Å². The zero-order valence-corrected chi connectivity index (χ0v) is 14.3. The molecule has 0 spiro atoms. The van der Waals surface area contributed by atoms with E-state index in [2.05, 4.69) is 21.9 Å². The molecule has 23 heavy (non-hydrogen) atoms. The van der Waals surface area contributed by atoms with Crippen LogP contribution in [0, 0.1) is 12.3 Å². The first-order valence-electron chi connectivity index (χ1n) is 6.74. The Kier molecular flexibility index (Phi) is 6.03. The summed E-state index contributed by atoms with van der Waals surface area (Å²) in [7, 11) is 0. The lowest BCUT2D eigenvalue weighted by molar-refractivity contribution is -0.129. The number of nitrogens with zero attached hydrogens (tertiary/aromatic N) is 1. The number of rotatable bonds is 5. The van der Waals surface area contributed by atoms with Gasteiger partial charge in [0.15, 0.2) is 0 Å². The molecule has 0 bridgehead atoms. The molecule has 0 radical (unpaired) electrons. The molecule has 3 nitrogen and oxygen atoms in total. The summed E-state index contributed by atoms with van der Waals surface area (Å²) in [5.41, 5.74) is 1.01. The molecule has 122 valence electrons. The van der Waals surface area contributed by atoms with Gasteiger partial charge in [-0.15, -0.1) is 18.0 Å². The first-order chi connectivity index (χ1) is 10.9. The van der Waals surface area contributed by atoms with Crippen molar-refractivity contribution in [2.24, 2.45) is 0 Å². The molecular formula is C16H13BrClF2NO2. The summed E-state index contributed by atoms with van der Waals surface area (Å²) in [6.45, 7) is -0.575. The number of hydrogen-bond donors (Lipinski definition) is 0. The molecular weight excluding hydrogens is 392 g/mol. The van der Waals surface area contributed by atoms with Crippen molar-refractivity contribution in [1.82, 2.24) is 4.90 Å². The normalized spacial score (nSPS) is 17.9. The molecule has 1 aromatic rings. The second kappa shape index (κ2) is 7.80. The van der Waals surface area contributed by atoms with Crippen LogP contribution < -0.4 is 4.74 Å². The minimum atomic E-state index is -2.65. The van der Waals surface area contributed by atoms with E-state index in [-0.39, 0.29) is 13.0 Å². The van der Waals surface area contributed by atoms with Crippen molar-refractivity contribution >= 4 is 39.1 Å². The molecule has 0 N–H and O–H groups in total. The van der Waals surface area contributed by atoms with Gasteiger partial charge in [-0.3, -0.25) is 4.79 Å². The lowest BCUT2D eigenvalue weighted by Gasteiger charge is -2.31. The van der Waals surface area contributed by atoms with Crippen molar-refractivity contribution in [3.8, 4) is 18.1 Å². The zero-order chi connectivity index (χ0) is 17.0. The third kappa shape index (κ3) is 4.24. The number of amides is 1. The molecule has 0 aromatic heterocycles. The van der Waals surface area contributed by atoms with E-state index in [1.54, 1.807) is 24.3 Å². The van der Waals surface area contributed by atoms with Crippen molar-refractivity contribution < 1.29 is 18.3 Å². The Labute approximate surface area is 146 Å². The minimum absolute atomic E-state index is 0.123. The van der Waals surface area contributed by atoms with Crippen molar-refractivity contribution in [3.63, 3.8) is 0 Å². The van der Waals surface area contributed by atoms with Crippen LogP contribution in [0.2, 0.25) is 0 Å². The highest BCUT2D eigenvalue weighted by molar-refractivity contribution is 9.10. The maximum Gasteiger partial charge on any atom is 0.256 e. The highest BCUT2D eigenvalue weighted by Gasteiger charge is 2.32. The van der Waals surface area contributed by atoms with Crippen LogP contribution in [0.4, 0.5) is 8.78 Å². The Morgan fingerprint density at radius 3 is 2.87 bits per heavy atom. The summed E-state index contributed by atoms with van der Waals surface area (Å²) in [6, 6.07) is 5.02. The number of halogens is 4. The summed E-state index contributed by atoms with van der Waals surface area (Å²) in [6.07, 6.45) is 4.45. The monoisotopic (exact) mass is 403 g/mol. The molecule has 1 heterocycles. The summed E-state index contributed by atoms with van der Waals surface area (Å²) >= 11 is 9.26. The lowest BCUT2D eigenvalue weighted by Crippen LogP contribution is -2.41. The molecule has 7 heteroatoms. The molecule has 0 aliphatic carbocycles. The van der Waals surface area contributed by atoms with Gasteiger partial charge in [-0.25, -0.2) is 8.78 Å². The van der Waals surface area contributed by atoms with Crippen LogP contribution in [-0.4, -0.2) is 35.8 Å². The Bertz CT molecular complexity index is 673. The Balaban J connectivity index is 2.34. The summed E-state index contributed by atoms with van der Waals surface area (Å²) in [5, 5.41) is -0.825. The van der Waals surface area contributed by atoms with E-state index < -0.39 is 24.3 Å². The van der Waals surface area contributed by atoms with E-state index in [1.165, 1.54) is 0 Å². The Morgan fingerprint density at radius 1 is 1.52 bits per heavy atom. The van der Waals surface area contributed by atoms with Crippen molar-refractivity contribution in [1.29, 1.82) is 0 Å². The average Bonchev–Trinajstić information content (AvgIpc) is 2.50. The number of hydrogen-bond acceptors (Lipinski definition) is 2. The number of allylic oxidation sites excluding steroid dienone is 1.